The molecule has 1 aliphatic heterocycles. The van der Waals surface area contributed by atoms with Gasteiger partial charge in [-0.05, 0) is 38.3 Å². The standard InChI is InChI=1S/C20H21F3N2O2S/c1-13-17(28-12-24-13)8-9-18(26)25-10-2-3-15(11-25)19(27)14-4-6-16(7-5-14)20(21,22)23/h4-7,12,15H,2-3,8-11H2,1H3/t15-/m0/s1. The summed E-state index contributed by atoms with van der Waals surface area (Å²) in [6, 6.07) is 4.30. The summed E-state index contributed by atoms with van der Waals surface area (Å²) >= 11 is 1.53. The van der Waals surface area contributed by atoms with Crippen molar-refractivity contribution in [3.05, 3.63) is 51.5 Å². The van der Waals surface area contributed by atoms with Crippen molar-refractivity contribution in [1.82, 2.24) is 9.88 Å². The minimum Gasteiger partial charge on any atom is -0.342 e. The Hall–Kier alpha value is -2.22. The second-order valence-corrected chi connectivity index (χ2v) is 7.92. The molecule has 0 saturated carbocycles. The van der Waals surface area contributed by atoms with E-state index in [1.807, 2.05) is 6.92 Å². The summed E-state index contributed by atoms with van der Waals surface area (Å²) < 4.78 is 38.0. The Kier molecular flexibility index (Phi) is 6.17. The summed E-state index contributed by atoms with van der Waals surface area (Å²) in [4.78, 5) is 32.2. The number of halogens is 3. The Balaban J connectivity index is 1.60. The lowest BCUT2D eigenvalue weighted by molar-refractivity contribution is -0.137. The molecule has 2 heterocycles. The van der Waals surface area contributed by atoms with Crippen molar-refractivity contribution < 1.29 is 22.8 Å². The zero-order chi connectivity index (χ0) is 20.3. The molecule has 1 aromatic carbocycles. The molecule has 3 rings (SSSR count). The zero-order valence-electron chi connectivity index (χ0n) is 15.5. The Bertz CT molecular complexity index is 846. The molecule has 2 aromatic rings. The van der Waals surface area contributed by atoms with Gasteiger partial charge < -0.3 is 4.90 Å². The number of carbonyl (C=O) groups excluding carboxylic acids is 2. The van der Waals surface area contributed by atoms with Crippen molar-refractivity contribution in [1.29, 1.82) is 0 Å². The van der Waals surface area contributed by atoms with E-state index in [-0.39, 0.29) is 23.2 Å². The van der Waals surface area contributed by atoms with Crippen LogP contribution in [0.4, 0.5) is 13.2 Å². The first kappa shape index (κ1) is 20.5. The molecule has 0 unspecified atom stereocenters. The predicted octanol–water partition coefficient (Wildman–Crippen LogP) is 4.52. The number of hydrogen-bond acceptors (Lipinski definition) is 4. The lowest BCUT2D eigenvalue weighted by Gasteiger charge is -2.32. The van der Waals surface area contributed by atoms with Gasteiger partial charge in [0.05, 0.1) is 16.8 Å². The molecule has 0 spiro atoms. The van der Waals surface area contributed by atoms with E-state index in [0.717, 1.165) is 22.7 Å². The number of benzene rings is 1. The molecule has 0 radical (unpaired) electrons. The summed E-state index contributed by atoms with van der Waals surface area (Å²) in [5.74, 6) is -0.582. The minimum atomic E-state index is -4.42. The number of aryl methyl sites for hydroxylation is 2. The molecule has 0 aliphatic carbocycles. The number of likely N-dealkylation sites (tertiary alicyclic amines) is 1. The number of carbonyl (C=O) groups is 2. The first-order chi connectivity index (χ1) is 13.3. The minimum absolute atomic E-state index is 0.00211. The fraction of sp³-hybridized carbons (Fsp3) is 0.450. The maximum Gasteiger partial charge on any atom is 0.416 e. The number of hydrogen-bond donors (Lipinski definition) is 0. The van der Waals surface area contributed by atoms with Crippen molar-refractivity contribution in [2.24, 2.45) is 5.92 Å². The molecule has 1 saturated heterocycles. The molecule has 4 nitrogen and oxygen atoms in total. The molecule has 1 aromatic heterocycles. The zero-order valence-corrected chi connectivity index (χ0v) is 16.3. The number of rotatable bonds is 5. The third kappa shape index (κ3) is 4.79. The number of amides is 1. The molecule has 1 atom stereocenters. The van der Waals surface area contributed by atoms with Crippen LogP contribution < -0.4 is 0 Å². The Labute approximate surface area is 165 Å². The average molecular weight is 410 g/mol. The van der Waals surface area contributed by atoms with Crippen LogP contribution in [0.25, 0.3) is 0 Å². The molecule has 1 aliphatic rings. The summed E-state index contributed by atoms with van der Waals surface area (Å²) in [6.45, 7) is 2.84. The Morgan fingerprint density at radius 3 is 2.57 bits per heavy atom. The van der Waals surface area contributed by atoms with Crippen LogP contribution in [0.15, 0.2) is 29.8 Å². The van der Waals surface area contributed by atoms with Gasteiger partial charge in [0.25, 0.3) is 0 Å². The van der Waals surface area contributed by atoms with E-state index in [2.05, 4.69) is 4.98 Å². The van der Waals surface area contributed by atoms with Crippen molar-refractivity contribution in [2.75, 3.05) is 13.1 Å². The van der Waals surface area contributed by atoms with E-state index in [0.29, 0.717) is 38.8 Å². The maximum absolute atomic E-state index is 12.7. The molecule has 1 amide bonds. The SMILES string of the molecule is Cc1ncsc1CCC(=O)N1CCC[C@H](C(=O)c2ccc(C(F)(F)F)cc2)C1. The smallest absolute Gasteiger partial charge is 0.342 e. The van der Waals surface area contributed by atoms with E-state index in [1.165, 1.54) is 23.5 Å². The summed E-state index contributed by atoms with van der Waals surface area (Å²) in [5, 5.41) is 0. The number of aromatic nitrogens is 1. The first-order valence-corrected chi connectivity index (χ1v) is 10.0. The third-order valence-electron chi connectivity index (χ3n) is 5.05. The van der Waals surface area contributed by atoms with E-state index >= 15 is 0 Å². The van der Waals surface area contributed by atoms with Gasteiger partial charge in [-0.2, -0.15) is 13.2 Å². The molecule has 8 heteroatoms. The predicted molar refractivity (Wildman–Crippen MR) is 100 cm³/mol. The van der Waals surface area contributed by atoms with Crippen molar-refractivity contribution in [2.45, 2.75) is 38.8 Å². The second kappa shape index (κ2) is 8.43. The van der Waals surface area contributed by atoms with E-state index in [9.17, 15) is 22.8 Å². The van der Waals surface area contributed by atoms with Gasteiger partial charge in [0.2, 0.25) is 5.91 Å². The highest BCUT2D eigenvalue weighted by Gasteiger charge is 2.32. The van der Waals surface area contributed by atoms with Gasteiger partial charge in [0.15, 0.2) is 5.78 Å². The van der Waals surface area contributed by atoms with Crippen LogP contribution in [0.5, 0.6) is 0 Å². The highest BCUT2D eigenvalue weighted by atomic mass is 32.1. The topological polar surface area (TPSA) is 50.3 Å². The lowest BCUT2D eigenvalue weighted by atomic mass is 9.89. The van der Waals surface area contributed by atoms with Gasteiger partial charge in [-0.15, -0.1) is 11.3 Å². The van der Waals surface area contributed by atoms with Crippen LogP contribution >= 0.6 is 11.3 Å². The van der Waals surface area contributed by atoms with E-state index < -0.39 is 11.7 Å². The fourth-order valence-electron chi connectivity index (χ4n) is 3.42. The molecule has 28 heavy (non-hydrogen) atoms. The number of ketones is 1. The van der Waals surface area contributed by atoms with Crippen LogP contribution in [-0.2, 0) is 17.4 Å². The van der Waals surface area contributed by atoms with Crippen molar-refractivity contribution in [3.8, 4) is 0 Å². The van der Waals surface area contributed by atoms with Gasteiger partial charge in [0.1, 0.15) is 0 Å². The largest absolute Gasteiger partial charge is 0.416 e. The molecular weight excluding hydrogens is 389 g/mol. The maximum atomic E-state index is 12.7. The number of alkyl halides is 3. The monoisotopic (exact) mass is 410 g/mol. The number of Topliss-reactive ketones (excluding diaryl/α,β-unsaturated/α-hetero) is 1. The van der Waals surface area contributed by atoms with Crippen LogP contribution in [-0.4, -0.2) is 34.7 Å². The molecule has 0 N–H and O–H groups in total. The van der Waals surface area contributed by atoms with Crippen molar-refractivity contribution in [3.63, 3.8) is 0 Å². The van der Waals surface area contributed by atoms with Gasteiger partial charge in [-0.1, -0.05) is 12.1 Å². The van der Waals surface area contributed by atoms with Crippen LogP contribution in [0, 0.1) is 12.8 Å². The highest BCUT2D eigenvalue weighted by molar-refractivity contribution is 7.09. The molecule has 0 bridgehead atoms. The molecule has 1 fully saturated rings. The Morgan fingerprint density at radius 2 is 1.96 bits per heavy atom. The lowest BCUT2D eigenvalue weighted by Crippen LogP contribution is -2.42. The van der Waals surface area contributed by atoms with Gasteiger partial charge in [0, 0.05) is 35.9 Å². The fourth-order valence-corrected chi connectivity index (χ4v) is 4.20. The molecular formula is C20H21F3N2O2S. The quantitative estimate of drug-likeness (QED) is 0.681. The summed E-state index contributed by atoms with van der Waals surface area (Å²) in [5.41, 5.74) is 2.18. The summed E-state index contributed by atoms with van der Waals surface area (Å²) in [7, 11) is 0. The third-order valence-corrected chi connectivity index (χ3v) is 6.05. The van der Waals surface area contributed by atoms with E-state index in [4.69, 9.17) is 0 Å². The van der Waals surface area contributed by atoms with Gasteiger partial charge >= 0.3 is 6.18 Å². The normalized spacial score (nSPS) is 17.6. The van der Waals surface area contributed by atoms with Crippen LogP contribution in [0.1, 0.15) is 45.8 Å². The number of piperidine rings is 1. The van der Waals surface area contributed by atoms with Crippen molar-refractivity contribution >= 4 is 23.0 Å². The first-order valence-electron chi connectivity index (χ1n) is 9.14. The van der Waals surface area contributed by atoms with Gasteiger partial charge in [-0.25, -0.2) is 4.98 Å². The molecule has 150 valence electrons. The van der Waals surface area contributed by atoms with Crippen LogP contribution in [0.3, 0.4) is 0 Å². The van der Waals surface area contributed by atoms with Crippen LogP contribution in [0.2, 0.25) is 0 Å². The van der Waals surface area contributed by atoms with E-state index in [1.54, 1.807) is 10.4 Å². The number of thiazole rings is 1. The number of nitrogens with zero attached hydrogens (tertiary/aromatic N) is 2. The Morgan fingerprint density at radius 1 is 1.25 bits per heavy atom. The average Bonchev–Trinajstić information content (AvgIpc) is 3.10. The van der Waals surface area contributed by atoms with Gasteiger partial charge in [-0.3, -0.25) is 9.59 Å². The highest BCUT2D eigenvalue weighted by Crippen LogP contribution is 2.30. The second-order valence-electron chi connectivity index (χ2n) is 6.98. The summed E-state index contributed by atoms with van der Waals surface area (Å²) in [6.07, 6.45) is -2.08.